The molecular weight excluding hydrogens is 310 g/mol. The first kappa shape index (κ1) is 17.5. The number of aliphatic hydroxyl groups is 1. The van der Waals surface area contributed by atoms with Gasteiger partial charge in [-0.1, -0.05) is 30.3 Å². The second kappa shape index (κ2) is 8.67. The van der Waals surface area contributed by atoms with Gasteiger partial charge in [0.1, 0.15) is 0 Å². The number of nitrogens with one attached hydrogen (secondary N) is 2. The van der Waals surface area contributed by atoms with E-state index in [1.807, 2.05) is 49.8 Å². The zero-order valence-corrected chi connectivity index (χ0v) is 14.3. The van der Waals surface area contributed by atoms with Gasteiger partial charge in [0.05, 0.1) is 12.6 Å². The first-order chi connectivity index (χ1) is 11.1. The summed E-state index contributed by atoms with van der Waals surface area (Å²) in [7, 11) is 4.01. The van der Waals surface area contributed by atoms with Gasteiger partial charge >= 0.3 is 6.03 Å². The number of hydrogen-bond donors (Lipinski definition) is 3. The van der Waals surface area contributed by atoms with Gasteiger partial charge in [-0.3, -0.25) is 0 Å². The number of carbonyl (C=O) groups excluding carboxylic acids is 1. The molecule has 0 aliphatic rings. The average molecular weight is 333 g/mol. The maximum absolute atomic E-state index is 12.0. The first-order valence-corrected chi connectivity index (χ1v) is 8.38. The highest BCUT2D eigenvalue weighted by Gasteiger charge is 2.15. The summed E-state index contributed by atoms with van der Waals surface area (Å²) in [4.78, 5) is 15.3. The molecule has 2 aromatic rings. The Labute approximate surface area is 140 Å². The third kappa shape index (κ3) is 5.35. The third-order valence-electron chi connectivity index (χ3n) is 3.58. The summed E-state index contributed by atoms with van der Waals surface area (Å²) < 4.78 is 0. The van der Waals surface area contributed by atoms with Gasteiger partial charge in [0.2, 0.25) is 0 Å². The summed E-state index contributed by atoms with van der Waals surface area (Å²) in [5, 5.41) is 16.9. The van der Waals surface area contributed by atoms with Gasteiger partial charge in [0.25, 0.3) is 0 Å². The molecule has 0 aliphatic heterocycles. The smallest absolute Gasteiger partial charge is 0.315 e. The molecule has 3 N–H and O–H groups in total. The van der Waals surface area contributed by atoms with E-state index >= 15 is 0 Å². The van der Waals surface area contributed by atoms with Crippen LogP contribution in [0.5, 0.6) is 0 Å². The predicted molar refractivity (Wildman–Crippen MR) is 93.4 cm³/mol. The highest BCUT2D eigenvalue weighted by molar-refractivity contribution is 7.10. The quantitative estimate of drug-likeness (QED) is 0.729. The Morgan fingerprint density at radius 2 is 2.00 bits per heavy atom. The summed E-state index contributed by atoms with van der Waals surface area (Å²) in [6.45, 7) is 0.993. The highest BCUT2D eigenvalue weighted by Crippen LogP contribution is 2.22. The van der Waals surface area contributed by atoms with Gasteiger partial charge in [0.15, 0.2) is 0 Å². The standard InChI is InChI=1S/C17H23N3O2S/c1-20(2)15(16-7-4-8-23-16)11-19-17(22)18-10-13-5-3-6-14(9-13)12-21/h3-9,15,21H,10-12H2,1-2H3,(H2,18,19,22)/t15-/m0/s1. The molecule has 1 aromatic heterocycles. The van der Waals surface area contributed by atoms with Crippen LogP contribution >= 0.6 is 11.3 Å². The molecule has 0 fully saturated rings. The van der Waals surface area contributed by atoms with Crippen LogP contribution in [0, 0.1) is 0 Å². The first-order valence-electron chi connectivity index (χ1n) is 7.50. The van der Waals surface area contributed by atoms with Crippen molar-refractivity contribution in [1.29, 1.82) is 0 Å². The number of amides is 2. The van der Waals surface area contributed by atoms with E-state index in [9.17, 15) is 4.79 Å². The number of carbonyl (C=O) groups is 1. The minimum atomic E-state index is -0.192. The molecule has 2 rings (SSSR count). The lowest BCUT2D eigenvalue weighted by atomic mass is 10.1. The van der Waals surface area contributed by atoms with Gasteiger partial charge in [0, 0.05) is 18.0 Å². The molecule has 1 heterocycles. The monoisotopic (exact) mass is 333 g/mol. The lowest BCUT2D eigenvalue weighted by Gasteiger charge is -2.23. The fourth-order valence-corrected chi connectivity index (χ4v) is 3.21. The fraction of sp³-hybridized carbons (Fsp3) is 0.353. The van der Waals surface area contributed by atoms with Crippen molar-refractivity contribution in [3.8, 4) is 0 Å². The maximum atomic E-state index is 12.0. The second-order valence-corrected chi connectivity index (χ2v) is 6.52. The average Bonchev–Trinajstić information content (AvgIpc) is 3.07. The number of nitrogens with zero attached hydrogens (tertiary/aromatic N) is 1. The van der Waals surface area contributed by atoms with E-state index in [2.05, 4.69) is 21.6 Å². The summed E-state index contributed by atoms with van der Waals surface area (Å²) in [6.07, 6.45) is 0. The molecule has 0 radical (unpaired) electrons. The molecular formula is C17H23N3O2S. The Hall–Kier alpha value is -1.89. The van der Waals surface area contributed by atoms with Crippen molar-refractivity contribution in [2.75, 3.05) is 20.6 Å². The Morgan fingerprint density at radius 3 is 2.65 bits per heavy atom. The van der Waals surface area contributed by atoms with Crippen molar-refractivity contribution < 1.29 is 9.90 Å². The number of rotatable bonds is 7. The van der Waals surface area contributed by atoms with E-state index in [-0.39, 0.29) is 18.7 Å². The lowest BCUT2D eigenvalue weighted by molar-refractivity contribution is 0.233. The summed E-state index contributed by atoms with van der Waals surface area (Å²) in [6, 6.07) is 11.6. The Balaban J connectivity index is 1.82. The SMILES string of the molecule is CN(C)[C@@H](CNC(=O)NCc1cccc(CO)c1)c1cccs1. The topological polar surface area (TPSA) is 64.6 Å². The maximum Gasteiger partial charge on any atom is 0.315 e. The molecule has 0 bridgehead atoms. The normalized spacial score (nSPS) is 12.2. The molecule has 0 aliphatic carbocycles. The van der Waals surface area contributed by atoms with Crippen molar-refractivity contribution in [3.05, 3.63) is 57.8 Å². The van der Waals surface area contributed by atoms with Gasteiger partial charge < -0.3 is 20.6 Å². The number of aliphatic hydroxyl groups excluding tert-OH is 1. The molecule has 1 atom stereocenters. The van der Waals surface area contributed by atoms with E-state index < -0.39 is 0 Å². The van der Waals surface area contributed by atoms with Crippen molar-refractivity contribution in [2.45, 2.75) is 19.2 Å². The number of thiophene rings is 1. The molecule has 1 aromatic carbocycles. The van der Waals surface area contributed by atoms with Crippen LogP contribution in [0.2, 0.25) is 0 Å². The Kier molecular flexibility index (Phi) is 6.58. The summed E-state index contributed by atoms with van der Waals surface area (Å²) in [5.41, 5.74) is 1.81. The van der Waals surface area contributed by atoms with Crippen LogP contribution < -0.4 is 10.6 Å². The van der Waals surface area contributed by atoms with Gasteiger partial charge in [-0.25, -0.2) is 4.79 Å². The number of hydrogen-bond acceptors (Lipinski definition) is 4. The number of likely N-dealkylation sites (N-methyl/N-ethyl adjacent to an activating group) is 1. The minimum absolute atomic E-state index is 0.00532. The number of urea groups is 1. The van der Waals surface area contributed by atoms with Crippen LogP contribution in [0.1, 0.15) is 22.0 Å². The largest absolute Gasteiger partial charge is 0.392 e. The van der Waals surface area contributed by atoms with E-state index in [1.54, 1.807) is 11.3 Å². The zero-order chi connectivity index (χ0) is 16.7. The highest BCUT2D eigenvalue weighted by atomic mass is 32.1. The van der Waals surface area contributed by atoms with Crippen molar-refractivity contribution in [3.63, 3.8) is 0 Å². The van der Waals surface area contributed by atoms with Crippen LogP contribution in [0.25, 0.3) is 0 Å². The zero-order valence-electron chi connectivity index (χ0n) is 13.5. The molecule has 0 saturated heterocycles. The molecule has 2 amide bonds. The van der Waals surface area contributed by atoms with Crippen LogP contribution in [0.4, 0.5) is 4.79 Å². The Morgan fingerprint density at radius 1 is 1.22 bits per heavy atom. The molecule has 0 unspecified atom stereocenters. The third-order valence-corrected chi connectivity index (χ3v) is 4.55. The van der Waals surface area contributed by atoms with Crippen molar-refractivity contribution in [2.24, 2.45) is 0 Å². The molecule has 124 valence electrons. The van der Waals surface area contributed by atoms with E-state index in [0.717, 1.165) is 11.1 Å². The van der Waals surface area contributed by atoms with Gasteiger partial charge in [-0.05, 0) is 36.7 Å². The molecule has 0 saturated carbocycles. The van der Waals surface area contributed by atoms with Crippen LogP contribution in [0.15, 0.2) is 41.8 Å². The molecule has 5 nitrogen and oxygen atoms in total. The van der Waals surface area contributed by atoms with Crippen molar-refractivity contribution in [1.82, 2.24) is 15.5 Å². The van der Waals surface area contributed by atoms with E-state index in [4.69, 9.17) is 5.11 Å². The molecule has 0 spiro atoms. The van der Waals surface area contributed by atoms with E-state index in [1.165, 1.54) is 4.88 Å². The van der Waals surface area contributed by atoms with Crippen LogP contribution in [0.3, 0.4) is 0 Å². The van der Waals surface area contributed by atoms with Gasteiger partial charge in [-0.2, -0.15) is 0 Å². The fourth-order valence-electron chi connectivity index (χ4n) is 2.29. The van der Waals surface area contributed by atoms with Gasteiger partial charge in [-0.15, -0.1) is 11.3 Å². The minimum Gasteiger partial charge on any atom is -0.392 e. The number of benzene rings is 1. The lowest BCUT2D eigenvalue weighted by Crippen LogP contribution is -2.40. The van der Waals surface area contributed by atoms with E-state index in [0.29, 0.717) is 13.1 Å². The second-order valence-electron chi connectivity index (χ2n) is 5.54. The summed E-state index contributed by atoms with van der Waals surface area (Å²) in [5.74, 6) is 0. The molecule has 6 heteroatoms. The van der Waals surface area contributed by atoms with Crippen LogP contribution in [-0.4, -0.2) is 36.7 Å². The molecule has 23 heavy (non-hydrogen) atoms. The predicted octanol–water partition coefficient (Wildman–Crippen LogP) is 2.34. The van der Waals surface area contributed by atoms with Crippen molar-refractivity contribution >= 4 is 17.4 Å². The Bertz CT molecular complexity index is 614. The van der Waals surface area contributed by atoms with Crippen LogP contribution in [-0.2, 0) is 13.2 Å². The summed E-state index contributed by atoms with van der Waals surface area (Å²) >= 11 is 1.69.